The lowest BCUT2D eigenvalue weighted by molar-refractivity contribution is 0.122. The SMILES string of the molecule is Nc1c(-c2nc3ccc(N4CCOCC4)cc3[nH]2)c(=O)[nH]c2cccc(F)c12. The van der Waals surface area contributed by atoms with Crippen LogP contribution in [0, 0.1) is 5.82 Å². The van der Waals surface area contributed by atoms with E-state index < -0.39 is 11.4 Å². The zero-order valence-electron chi connectivity index (χ0n) is 15.0. The molecule has 3 heterocycles. The second kappa shape index (κ2) is 6.35. The predicted octanol–water partition coefficient (Wildman–Crippen LogP) is 2.63. The van der Waals surface area contributed by atoms with Crippen molar-refractivity contribution in [3.8, 4) is 11.4 Å². The summed E-state index contributed by atoms with van der Waals surface area (Å²) >= 11 is 0. The molecule has 0 aliphatic carbocycles. The summed E-state index contributed by atoms with van der Waals surface area (Å²) in [6, 6.07) is 10.3. The van der Waals surface area contributed by atoms with Gasteiger partial charge in [0.05, 0.1) is 40.8 Å². The molecule has 0 saturated carbocycles. The number of ether oxygens (including phenoxy) is 1. The van der Waals surface area contributed by atoms with E-state index >= 15 is 0 Å². The van der Waals surface area contributed by atoms with Gasteiger partial charge in [-0.05, 0) is 30.3 Å². The van der Waals surface area contributed by atoms with Crippen molar-refractivity contribution >= 4 is 33.3 Å². The first-order valence-electron chi connectivity index (χ1n) is 9.04. The number of nitrogens with one attached hydrogen (secondary N) is 2. The van der Waals surface area contributed by atoms with Gasteiger partial charge in [0.25, 0.3) is 5.56 Å². The number of nitrogen functional groups attached to an aromatic ring is 1. The Labute approximate surface area is 158 Å². The number of nitrogens with zero attached hydrogens (tertiary/aromatic N) is 2. The number of hydrogen-bond donors (Lipinski definition) is 3. The summed E-state index contributed by atoms with van der Waals surface area (Å²) in [6.45, 7) is 3.04. The third kappa shape index (κ3) is 2.61. The third-order valence-corrected chi connectivity index (χ3v) is 5.11. The molecule has 0 unspecified atom stereocenters. The highest BCUT2D eigenvalue weighted by Gasteiger charge is 2.19. The number of anilines is 2. The molecule has 8 heteroatoms. The van der Waals surface area contributed by atoms with E-state index in [1.54, 1.807) is 6.07 Å². The van der Waals surface area contributed by atoms with Crippen molar-refractivity contribution in [2.75, 3.05) is 36.9 Å². The quantitative estimate of drug-likeness (QED) is 0.497. The maximum Gasteiger partial charge on any atom is 0.261 e. The second-order valence-electron chi connectivity index (χ2n) is 6.79. The molecular weight excluding hydrogens is 361 g/mol. The molecule has 0 atom stereocenters. The molecule has 142 valence electrons. The summed E-state index contributed by atoms with van der Waals surface area (Å²) in [5.41, 5.74) is 8.88. The van der Waals surface area contributed by atoms with Crippen LogP contribution in [0.25, 0.3) is 33.3 Å². The number of morpholine rings is 1. The number of pyridine rings is 1. The Morgan fingerprint density at radius 1 is 1.11 bits per heavy atom. The van der Waals surface area contributed by atoms with Gasteiger partial charge in [0.15, 0.2) is 0 Å². The van der Waals surface area contributed by atoms with Crippen LogP contribution in [0.15, 0.2) is 41.2 Å². The molecule has 4 N–H and O–H groups in total. The van der Waals surface area contributed by atoms with E-state index in [4.69, 9.17) is 10.5 Å². The third-order valence-electron chi connectivity index (χ3n) is 5.11. The minimum Gasteiger partial charge on any atom is -0.397 e. The summed E-state index contributed by atoms with van der Waals surface area (Å²) in [6.07, 6.45) is 0. The van der Waals surface area contributed by atoms with Crippen molar-refractivity contribution in [3.05, 3.63) is 52.6 Å². The fourth-order valence-corrected chi connectivity index (χ4v) is 3.70. The Kier molecular flexibility index (Phi) is 3.80. The number of H-pyrrole nitrogens is 2. The number of aromatic nitrogens is 3. The Hall–Kier alpha value is -3.39. The Morgan fingerprint density at radius 3 is 2.75 bits per heavy atom. The van der Waals surface area contributed by atoms with Gasteiger partial charge in [0.1, 0.15) is 17.2 Å². The molecule has 0 amide bonds. The number of rotatable bonds is 2. The second-order valence-corrected chi connectivity index (χ2v) is 6.79. The van der Waals surface area contributed by atoms with Crippen LogP contribution in [0.1, 0.15) is 0 Å². The van der Waals surface area contributed by atoms with Crippen molar-refractivity contribution in [3.63, 3.8) is 0 Å². The van der Waals surface area contributed by atoms with Gasteiger partial charge in [-0.3, -0.25) is 4.79 Å². The molecule has 1 aliphatic rings. The lowest BCUT2D eigenvalue weighted by Crippen LogP contribution is -2.36. The number of nitrogens with two attached hydrogens (primary N) is 1. The molecule has 7 nitrogen and oxygen atoms in total. The fourth-order valence-electron chi connectivity index (χ4n) is 3.70. The van der Waals surface area contributed by atoms with E-state index in [0.29, 0.717) is 30.1 Å². The Balaban J connectivity index is 1.65. The molecule has 2 aromatic carbocycles. The average Bonchev–Trinajstić information content (AvgIpc) is 3.11. The largest absolute Gasteiger partial charge is 0.397 e. The molecule has 1 aliphatic heterocycles. The fraction of sp³-hybridized carbons (Fsp3) is 0.200. The highest BCUT2D eigenvalue weighted by Crippen LogP contribution is 2.30. The molecule has 2 aromatic heterocycles. The van der Waals surface area contributed by atoms with Crippen LogP contribution in [0.5, 0.6) is 0 Å². The van der Waals surface area contributed by atoms with Gasteiger partial charge < -0.3 is 25.3 Å². The summed E-state index contributed by atoms with van der Waals surface area (Å²) in [7, 11) is 0. The van der Waals surface area contributed by atoms with Crippen LogP contribution in [0.2, 0.25) is 0 Å². The molecule has 1 fully saturated rings. The van der Waals surface area contributed by atoms with E-state index in [0.717, 1.165) is 24.3 Å². The molecule has 0 spiro atoms. The normalized spacial score (nSPS) is 14.8. The Morgan fingerprint density at radius 2 is 1.93 bits per heavy atom. The minimum atomic E-state index is -0.488. The zero-order valence-corrected chi connectivity index (χ0v) is 15.0. The average molecular weight is 379 g/mol. The maximum atomic E-state index is 14.3. The summed E-state index contributed by atoms with van der Waals surface area (Å²) in [5.74, 6) is -0.170. The van der Waals surface area contributed by atoms with Crippen LogP contribution in [0.3, 0.4) is 0 Å². The number of halogens is 1. The van der Waals surface area contributed by atoms with Gasteiger partial charge >= 0.3 is 0 Å². The molecular formula is C20H18FN5O2. The van der Waals surface area contributed by atoms with Crippen LogP contribution in [-0.4, -0.2) is 41.3 Å². The number of imidazole rings is 1. The van der Waals surface area contributed by atoms with Gasteiger partial charge in [-0.25, -0.2) is 9.37 Å². The van der Waals surface area contributed by atoms with E-state index in [9.17, 15) is 9.18 Å². The van der Waals surface area contributed by atoms with E-state index in [1.807, 2.05) is 18.2 Å². The number of hydrogen-bond acceptors (Lipinski definition) is 5. The monoisotopic (exact) mass is 379 g/mol. The first-order valence-corrected chi connectivity index (χ1v) is 9.04. The van der Waals surface area contributed by atoms with Crippen LogP contribution in [0.4, 0.5) is 15.8 Å². The van der Waals surface area contributed by atoms with Gasteiger partial charge in [0, 0.05) is 18.8 Å². The maximum absolute atomic E-state index is 14.3. The summed E-state index contributed by atoms with van der Waals surface area (Å²) in [5, 5.41) is 0.187. The minimum absolute atomic E-state index is 0.0734. The van der Waals surface area contributed by atoms with Crippen LogP contribution < -0.4 is 16.2 Å². The summed E-state index contributed by atoms with van der Waals surface area (Å²) < 4.78 is 19.7. The summed E-state index contributed by atoms with van der Waals surface area (Å²) in [4.78, 5) is 25.2. The topological polar surface area (TPSA) is 100 Å². The number of aromatic amines is 2. The molecule has 1 saturated heterocycles. The van der Waals surface area contributed by atoms with Gasteiger partial charge in [0.2, 0.25) is 0 Å². The van der Waals surface area contributed by atoms with Crippen LogP contribution in [-0.2, 0) is 4.74 Å². The smallest absolute Gasteiger partial charge is 0.261 e. The van der Waals surface area contributed by atoms with Crippen molar-refractivity contribution < 1.29 is 9.13 Å². The van der Waals surface area contributed by atoms with Crippen molar-refractivity contribution in [1.29, 1.82) is 0 Å². The molecule has 5 rings (SSSR count). The lowest BCUT2D eigenvalue weighted by atomic mass is 10.1. The molecule has 28 heavy (non-hydrogen) atoms. The van der Waals surface area contributed by atoms with Crippen molar-refractivity contribution in [2.45, 2.75) is 0 Å². The Bertz CT molecular complexity index is 1260. The first-order chi connectivity index (χ1) is 13.6. The lowest BCUT2D eigenvalue weighted by Gasteiger charge is -2.28. The predicted molar refractivity (Wildman–Crippen MR) is 107 cm³/mol. The first kappa shape index (κ1) is 16.8. The van der Waals surface area contributed by atoms with E-state index in [-0.39, 0.29) is 16.6 Å². The molecule has 0 radical (unpaired) electrons. The van der Waals surface area contributed by atoms with Gasteiger partial charge in [-0.15, -0.1) is 0 Å². The molecule has 4 aromatic rings. The van der Waals surface area contributed by atoms with Crippen LogP contribution >= 0.6 is 0 Å². The van der Waals surface area contributed by atoms with E-state index in [2.05, 4.69) is 19.9 Å². The van der Waals surface area contributed by atoms with Crippen molar-refractivity contribution in [2.24, 2.45) is 0 Å². The van der Waals surface area contributed by atoms with Gasteiger partial charge in [-0.2, -0.15) is 0 Å². The van der Waals surface area contributed by atoms with Gasteiger partial charge in [-0.1, -0.05) is 6.07 Å². The number of fused-ring (bicyclic) bond motifs is 2. The zero-order chi connectivity index (χ0) is 19.3. The standard InChI is InChI=1S/C20H18FN5O2/c21-12-2-1-3-14-16(12)18(22)17(20(27)25-14)19-23-13-5-4-11(10-15(13)24-19)26-6-8-28-9-7-26/h1-5,10H,6-9H2,(H,23,24)(H3,22,25,27). The highest BCUT2D eigenvalue weighted by molar-refractivity contribution is 5.98. The van der Waals surface area contributed by atoms with Crippen molar-refractivity contribution in [1.82, 2.24) is 15.0 Å². The molecule has 0 bridgehead atoms. The van der Waals surface area contributed by atoms with E-state index in [1.165, 1.54) is 12.1 Å². The highest BCUT2D eigenvalue weighted by atomic mass is 19.1. The number of benzene rings is 2.